The summed E-state index contributed by atoms with van der Waals surface area (Å²) in [4.78, 5) is 0. The highest BCUT2D eigenvalue weighted by atomic mass is 35.5. The third-order valence-corrected chi connectivity index (χ3v) is 3.49. The van der Waals surface area contributed by atoms with Crippen LogP contribution in [0.1, 0.15) is 18.4 Å². The molecule has 2 rings (SSSR count). The molecule has 1 nitrogen and oxygen atoms in total. The highest BCUT2D eigenvalue weighted by Crippen LogP contribution is 2.26. The minimum Gasteiger partial charge on any atom is -0.317 e. The van der Waals surface area contributed by atoms with Crippen LogP contribution in [0.5, 0.6) is 0 Å². The Morgan fingerprint density at radius 1 is 1.07 bits per heavy atom. The van der Waals surface area contributed by atoms with E-state index in [0.717, 1.165) is 19.5 Å². The number of rotatable bonds is 2. The van der Waals surface area contributed by atoms with Crippen LogP contribution >= 0.6 is 23.2 Å². The summed E-state index contributed by atoms with van der Waals surface area (Å²) in [6.45, 7) is 2.22. The van der Waals surface area contributed by atoms with Crippen LogP contribution in [0, 0.1) is 5.92 Å². The van der Waals surface area contributed by atoms with Crippen LogP contribution in [-0.4, -0.2) is 13.1 Å². The highest BCUT2D eigenvalue weighted by Gasteiger charge is 2.14. The van der Waals surface area contributed by atoms with Gasteiger partial charge < -0.3 is 5.32 Å². The summed E-state index contributed by atoms with van der Waals surface area (Å²) in [5.74, 6) is 1.60. The molecule has 81 valence electrons. The van der Waals surface area contributed by atoms with Gasteiger partial charge >= 0.3 is 0 Å². The second-order valence-electron chi connectivity index (χ2n) is 3.93. The SMILES string of the molecule is Clc1ccc(C[C]2CCNCC2)cc1Cl. The summed E-state index contributed by atoms with van der Waals surface area (Å²) < 4.78 is 0. The fraction of sp³-hybridized carbons (Fsp3) is 0.417. The Hall–Kier alpha value is -0.240. The molecular weight excluding hydrogens is 229 g/mol. The van der Waals surface area contributed by atoms with Crippen LogP contribution in [0.25, 0.3) is 0 Å². The molecule has 0 aromatic heterocycles. The van der Waals surface area contributed by atoms with Crippen molar-refractivity contribution in [2.24, 2.45) is 0 Å². The number of halogens is 2. The third-order valence-electron chi connectivity index (χ3n) is 2.75. The van der Waals surface area contributed by atoms with E-state index in [1.807, 2.05) is 12.1 Å². The van der Waals surface area contributed by atoms with Crippen LogP contribution in [0.2, 0.25) is 10.0 Å². The van der Waals surface area contributed by atoms with Crippen LogP contribution in [0.3, 0.4) is 0 Å². The number of hydrogen-bond acceptors (Lipinski definition) is 1. The van der Waals surface area contributed by atoms with E-state index in [2.05, 4.69) is 11.4 Å². The van der Waals surface area contributed by atoms with E-state index < -0.39 is 0 Å². The second kappa shape index (κ2) is 5.20. The predicted octanol–water partition coefficient (Wildman–Crippen LogP) is 3.49. The molecule has 0 saturated carbocycles. The summed E-state index contributed by atoms with van der Waals surface area (Å²) >= 11 is 11.9. The lowest BCUT2D eigenvalue weighted by molar-refractivity contribution is 0.535. The van der Waals surface area contributed by atoms with Gasteiger partial charge in [0, 0.05) is 0 Å². The summed E-state index contributed by atoms with van der Waals surface area (Å²) in [5, 5.41) is 4.64. The fourth-order valence-electron chi connectivity index (χ4n) is 1.90. The van der Waals surface area contributed by atoms with Crippen molar-refractivity contribution in [2.45, 2.75) is 19.3 Å². The molecule has 1 aromatic carbocycles. The van der Waals surface area contributed by atoms with Gasteiger partial charge in [-0.2, -0.15) is 0 Å². The van der Waals surface area contributed by atoms with Gasteiger partial charge in [-0.1, -0.05) is 29.3 Å². The van der Waals surface area contributed by atoms with Crippen molar-refractivity contribution in [2.75, 3.05) is 13.1 Å². The first-order valence-electron chi connectivity index (χ1n) is 5.24. The number of piperidine rings is 1. The van der Waals surface area contributed by atoms with E-state index >= 15 is 0 Å². The second-order valence-corrected chi connectivity index (χ2v) is 4.74. The summed E-state index contributed by atoms with van der Waals surface area (Å²) in [6, 6.07) is 5.91. The Morgan fingerprint density at radius 2 is 1.80 bits per heavy atom. The van der Waals surface area contributed by atoms with Crippen molar-refractivity contribution in [3.8, 4) is 0 Å². The molecule has 0 bridgehead atoms. The summed E-state index contributed by atoms with van der Waals surface area (Å²) in [5.41, 5.74) is 1.27. The highest BCUT2D eigenvalue weighted by molar-refractivity contribution is 6.42. The number of nitrogens with one attached hydrogen (secondary N) is 1. The zero-order valence-corrected chi connectivity index (χ0v) is 10.0. The molecule has 1 heterocycles. The summed E-state index contributed by atoms with van der Waals surface area (Å²) in [6.07, 6.45) is 3.40. The molecule has 1 N–H and O–H groups in total. The molecular formula is C12H14Cl2N. The molecule has 15 heavy (non-hydrogen) atoms. The van der Waals surface area contributed by atoms with E-state index in [4.69, 9.17) is 23.2 Å². The third kappa shape index (κ3) is 3.10. The van der Waals surface area contributed by atoms with Gasteiger partial charge in [0.25, 0.3) is 0 Å². The molecule has 0 amide bonds. The normalized spacial score (nSPS) is 18.0. The summed E-state index contributed by atoms with van der Waals surface area (Å²) in [7, 11) is 0. The largest absolute Gasteiger partial charge is 0.317 e. The van der Waals surface area contributed by atoms with E-state index in [0.29, 0.717) is 10.0 Å². The Kier molecular flexibility index (Phi) is 3.90. The molecule has 3 heteroatoms. The van der Waals surface area contributed by atoms with Crippen molar-refractivity contribution < 1.29 is 0 Å². The van der Waals surface area contributed by atoms with Gasteiger partial charge in [0.05, 0.1) is 10.0 Å². The molecule has 0 spiro atoms. The molecule has 1 fully saturated rings. The quantitative estimate of drug-likeness (QED) is 0.838. The molecule has 1 saturated heterocycles. The molecule has 0 atom stereocenters. The lowest BCUT2D eigenvalue weighted by Gasteiger charge is -2.22. The average Bonchev–Trinajstić information content (AvgIpc) is 2.25. The van der Waals surface area contributed by atoms with Gasteiger partial charge in [0.15, 0.2) is 0 Å². The Balaban J connectivity index is 2.00. The zero-order valence-electron chi connectivity index (χ0n) is 8.52. The van der Waals surface area contributed by atoms with E-state index in [1.54, 1.807) is 5.92 Å². The first-order valence-corrected chi connectivity index (χ1v) is 5.99. The Labute approximate surface area is 101 Å². The van der Waals surface area contributed by atoms with Crippen LogP contribution < -0.4 is 5.32 Å². The standard InChI is InChI=1S/C12H14Cl2N/c13-11-2-1-10(8-12(11)14)7-9-3-5-15-6-4-9/h1-2,8,15H,3-7H2. The lowest BCUT2D eigenvalue weighted by Crippen LogP contribution is -2.27. The van der Waals surface area contributed by atoms with Crippen LogP contribution in [0.4, 0.5) is 0 Å². The number of hydrogen-bond donors (Lipinski definition) is 1. The van der Waals surface area contributed by atoms with Crippen LogP contribution in [-0.2, 0) is 6.42 Å². The van der Waals surface area contributed by atoms with Crippen molar-refractivity contribution in [3.63, 3.8) is 0 Å². The minimum absolute atomic E-state index is 0.635. The maximum Gasteiger partial charge on any atom is 0.0595 e. The predicted molar refractivity (Wildman–Crippen MR) is 65.5 cm³/mol. The molecule has 1 aliphatic heterocycles. The van der Waals surface area contributed by atoms with Crippen LogP contribution in [0.15, 0.2) is 18.2 Å². The average molecular weight is 243 g/mol. The van der Waals surface area contributed by atoms with Crippen molar-refractivity contribution in [1.29, 1.82) is 0 Å². The van der Waals surface area contributed by atoms with Gasteiger partial charge in [-0.05, 0) is 56.0 Å². The van der Waals surface area contributed by atoms with Crippen molar-refractivity contribution in [3.05, 3.63) is 39.7 Å². The fourth-order valence-corrected chi connectivity index (χ4v) is 2.22. The molecule has 0 unspecified atom stereocenters. The lowest BCUT2D eigenvalue weighted by atomic mass is 9.91. The monoisotopic (exact) mass is 242 g/mol. The molecule has 0 aliphatic carbocycles. The van der Waals surface area contributed by atoms with Gasteiger partial charge in [-0.15, -0.1) is 0 Å². The van der Waals surface area contributed by atoms with Gasteiger partial charge in [-0.3, -0.25) is 0 Å². The van der Waals surface area contributed by atoms with Crippen molar-refractivity contribution >= 4 is 23.2 Å². The maximum atomic E-state index is 5.98. The maximum absolute atomic E-state index is 5.98. The smallest absolute Gasteiger partial charge is 0.0595 e. The number of benzene rings is 1. The molecule has 1 radical (unpaired) electrons. The molecule has 1 aromatic rings. The van der Waals surface area contributed by atoms with E-state index in [9.17, 15) is 0 Å². The van der Waals surface area contributed by atoms with Gasteiger partial charge in [-0.25, -0.2) is 0 Å². The first kappa shape index (κ1) is 11.3. The van der Waals surface area contributed by atoms with Gasteiger partial charge in [0.1, 0.15) is 0 Å². The topological polar surface area (TPSA) is 12.0 Å². The van der Waals surface area contributed by atoms with E-state index in [-0.39, 0.29) is 0 Å². The Bertz CT molecular complexity index is 332. The van der Waals surface area contributed by atoms with Gasteiger partial charge in [0.2, 0.25) is 0 Å². The van der Waals surface area contributed by atoms with E-state index in [1.165, 1.54) is 18.4 Å². The zero-order chi connectivity index (χ0) is 10.7. The Morgan fingerprint density at radius 3 is 2.47 bits per heavy atom. The minimum atomic E-state index is 0.635. The van der Waals surface area contributed by atoms with Crippen molar-refractivity contribution in [1.82, 2.24) is 5.32 Å². The first-order chi connectivity index (χ1) is 7.25. The molecule has 1 aliphatic rings.